The Kier molecular flexibility index (Phi) is 2.74. The maximum Gasteiger partial charge on any atom is 0.0974 e. The van der Waals surface area contributed by atoms with Crippen molar-refractivity contribution < 1.29 is 0 Å². The molecule has 0 amide bonds. The van der Waals surface area contributed by atoms with Crippen LogP contribution in [0.1, 0.15) is 11.4 Å². The minimum Gasteiger partial charge on any atom is -0.259 e. The molecular weight excluding hydrogens is 200 g/mol. The molecule has 0 aliphatic heterocycles. The summed E-state index contributed by atoms with van der Waals surface area (Å²) in [5, 5.41) is 7.81. The van der Waals surface area contributed by atoms with Crippen LogP contribution in [0.5, 0.6) is 0 Å². The molecule has 0 aromatic carbocycles. The second kappa shape index (κ2) is 4.19. The SMILES string of the molecule is ClCc1cn(Cc2ccccn2)nn1. The summed E-state index contributed by atoms with van der Waals surface area (Å²) in [5.74, 6) is 0.391. The lowest BCUT2D eigenvalue weighted by molar-refractivity contribution is 0.638. The fraction of sp³-hybridized carbons (Fsp3) is 0.222. The quantitative estimate of drug-likeness (QED) is 0.718. The van der Waals surface area contributed by atoms with E-state index in [9.17, 15) is 0 Å². The van der Waals surface area contributed by atoms with E-state index in [0.717, 1.165) is 11.4 Å². The first kappa shape index (κ1) is 9.15. The molecule has 0 aliphatic carbocycles. The van der Waals surface area contributed by atoms with Crippen molar-refractivity contribution in [2.75, 3.05) is 0 Å². The van der Waals surface area contributed by atoms with Crippen LogP contribution in [-0.4, -0.2) is 20.0 Å². The lowest BCUT2D eigenvalue weighted by Gasteiger charge is -1.97. The summed E-state index contributed by atoms with van der Waals surface area (Å²) in [4.78, 5) is 4.19. The van der Waals surface area contributed by atoms with Gasteiger partial charge in [-0.05, 0) is 12.1 Å². The number of pyridine rings is 1. The number of rotatable bonds is 3. The van der Waals surface area contributed by atoms with E-state index in [1.807, 2.05) is 24.4 Å². The van der Waals surface area contributed by atoms with Gasteiger partial charge < -0.3 is 0 Å². The van der Waals surface area contributed by atoms with Gasteiger partial charge in [0.1, 0.15) is 0 Å². The van der Waals surface area contributed by atoms with Crippen molar-refractivity contribution in [1.82, 2.24) is 20.0 Å². The lowest BCUT2D eigenvalue weighted by Crippen LogP contribution is -2.01. The Hall–Kier alpha value is -1.42. The van der Waals surface area contributed by atoms with E-state index in [2.05, 4.69) is 15.3 Å². The molecule has 72 valence electrons. The number of hydrogen-bond donors (Lipinski definition) is 0. The minimum atomic E-state index is 0.391. The Morgan fingerprint density at radius 3 is 2.86 bits per heavy atom. The Balaban J connectivity index is 2.11. The average molecular weight is 209 g/mol. The number of aromatic nitrogens is 4. The third-order valence-electron chi connectivity index (χ3n) is 1.77. The third-order valence-corrected chi connectivity index (χ3v) is 2.05. The molecule has 0 saturated heterocycles. The van der Waals surface area contributed by atoms with Crippen molar-refractivity contribution in [2.24, 2.45) is 0 Å². The molecule has 2 rings (SSSR count). The Labute approximate surface area is 86.5 Å². The van der Waals surface area contributed by atoms with Crippen LogP contribution in [0, 0.1) is 0 Å². The molecule has 0 saturated carbocycles. The zero-order chi connectivity index (χ0) is 9.80. The highest BCUT2D eigenvalue weighted by atomic mass is 35.5. The first-order chi connectivity index (χ1) is 6.88. The molecule has 0 atom stereocenters. The Bertz CT molecular complexity index is 398. The number of hydrogen-bond acceptors (Lipinski definition) is 3. The van der Waals surface area contributed by atoms with Gasteiger partial charge >= 0.3 is 0 Å². The van der Waals surface area contributed by atoms with Crippen LogP contribution in [0.2, 0.25) is 0 Å². The van der Waals surface area contributed by atoms with Crippen molar-refractivity contribution in [3.63, 3.8) is 0 Å². The van der Waals surface area contributed by atoms with Gasteiger partial charge in [-0.15, -0.1) is 16.7 Å². The van der Waals surface area contributed by atoms with Gasteiger partial charge in [0.05, 0.1) is 30.0 Å². The van der Waals surface area contributed by atoms with Crippen molar-refractivity contribution in [3.05, 3.63) is 42.0 Å². The predicted octanol–water partition coefficient (Wildman–Crippen LogP) is 1.46. The first-order valence-electron chi connectivity index (χ1n) is 4.23. The van der Waals surface area contributed by atoms with Gasteiger partial charge in [-0.3, -0.25) is 4.98 Å². The molecule has 0 radical (unpaired) electrons. The van der Waals surface area contributed by atoms with Crippen molar-refractivity contribution in [2.45, 2.75) is 12.4 Å². The van der Waals surface area contributed by atoms with Crippen molar-refractivity contribution in [1.29, 1.82) is 0 Å². The summed E-state index contributed by atoms with van der Waals surface area (Å²) in [6.07, 6.45) is 3.58. The summed E-state index contributed by atoms with van der Waals surface area (Å²) >= 11 is 5.61. The van der Waals surface area contributed by atoms with Crippen molar-refractivity contribution >= 4 is 11.6 Å². The van der Waals surface area contributed by atoms with Crippen LogP contribution >= 0.6 is 11.6 Å². The van der Waals surface area contributed by atoms with Gasteiger partial charge in [0.15, 0.2) is 0 Å². The summed E-state index contributed by atoms with van der Waals surface area (Å²) in [6, 6.07) is 5.78. The second-order valence-electron chi connectivity index (χ2n) is 2.86. The summed E-state index contributed by atoms with van der Waals surface area (Å²) in [5.41, 5.74) is 1.74. The summed E-state index contributed by atoms with van der Waals surface area (Å²) < 4.78 is 1.72. The predicted molar refractivity (Wildman–Crippen MR) is 52.9 cm³/mol. The average Bonchev–Trinajstić information content (AvgIpc) is 2.67. The molecule has 0 spiro atoms. The molecule has 0 fully saturated rings. The molecular formula is C9H9ClN4. The largest absolute Gasteiger partial charge is 0.259 e. The topological polar surface area (TPSA) is 43.6 Å². The molecule has 0 bridgehead atoms. The van der Waals surface area contributed by atoms with Gasteiger partial charge in [-0.2, -0.15) is 0 Å². The van der Waals surface area contributed by atoms with E-state index < -0.39 is 0 Å². The highest BCUT2D eigenvalue weighted by Crippen LogP contribution is 2.00. The van der Waals surface area contributed by atoms with Crippen LogP contribution in [0.15, 0.2) is 30.6 Å². The number of halogens is 1. The fourth-order valence-corrected chi connectivity index (χ4v) is 1.26. The molecule has 0 N–H and O–H groups in total. The van der Waals surface area contributed by atoms with E-state index in [-0.39, 0.29) is 0 Å². The standard InChI is InChI=1S/C9H9ClN4/c10-5-9-7-14(13-12-9)6-8-3-1-2-4-11-8/h1-4,7H,5-6H2. The van der Waals surface area contributed by atoms with E-state index in [1.54, 1.807) is 10.9 Å². The van der Waals surface area contributed by atoms with Gasteiger partial charge in [0.25, 0.3) is 0 Å². The molecule has 4 nitrogen and oxygen atoms in total. The lowest BCUT2D eigenvalue weighted by atomic mass is 10.3. The molecule has 2 aromatic rings. The highest BCUT2D eigenvalue weighted by molar-refractivity contribution is 6.16. The fourth-order valence-electron chi connectivity index (χ4n) is 1.13. The van der Waals surface area contributed by atoms with Gasteiger partial charge in [-0.1, -0.05) is 11.3 Å². The molecule has 2 aromatic heterocycles. The van der Waals surface area contributed by atoms with E-state index in [1.165, 1.54) is 0 Å². The van der Waals surface area contributed by atoms with Gasteiger partial charge in [0, 0.05) is 6.20 Å². The van der Waals surface area contributed by atoms with Crippen LogP contribution < -0.4 is 0 Å². The second-order valence-corrected chi connectivity index (χ2v) is 3.13. The molecule has 14 heavy (non-hydrogen) atoms. The zero-order valence-corrected chi connectivity index (χ0v) is 8.22. The third kappa shape index (κ3) is 2.09. The van der Waals surface area contributed by atoms with Crippen LogP contribution in [0.25, 0.3) is 0 Å². The Morgan fingerprint density at radius 1 is 1.29 bits per heavy atom. The Morgan fingerprint density at radius 2 is 2.21 bits per heavy atom. The molecule has 2 heterocycles. The minimum absolute atomic E-state index is 0.391. The molecule has 0 aliphatic rings. The number of alkyl halides is 1. The van der Waals surface area contributed by atoms with Gasteiger partial charge in [-0.25, -0.2) is 4.68 Å². The first-order valence-corrected chi connectivity index (χ1v) is 4.77. The van der Waals surface area contributed by atoms with Crippen molar-refractivity contribution in [3.8, 4) is 0 Å². The van der Waals surface area contributed by atoms with Crippen LogP contribution in [-0.2, 0) is 12.4 Å². The highest BCUT2D eigenvalue weighted by Gasteiger charge is 1.99. The van der Waals surface area contributed by atoms with Crippen LogP contribution in [0.4, 0.5) is 0 Å². The molecule has 5 heteroatoms. The van der Waals surface area contributed by atoms with E-state index >= 15 is 0 Å². The normalized spacial score (nSPS) is 10.4. The van der Waals surface area contributed by atoms with Gasteiger partial charge in [0.2, 0.25) is 0 Å². The monoisotopic (exact) mass is 208 g/mol. The maximum atomic E-state index is 5.61. The summed E-state index contributed by atoms with van der Waals surface area (Å²) in [7, 11) is 0. The maximum absolute atomic E-state index is 5.61. The zero-order valence-electron chi connectivity index (χ0n) is 7.47. The summed E-state index contributed by atoms with van der Waals surface area (Å²) in [6.45, 7) is 0.630. The van der Waals surface area contributed by atoms with E-state index in [4.69, 9.17) is 11.6 Å². The molecule has 0 unspecified atom stereocenters. The number of nitrogens with zero attached hydrogens (tertiary/aromatic N) is 4. The van der Waals surface area contributed by atoms with E-state index in [0.29, 0.717) is 12.4 Å². The smallest absolute Gasteiger partial charge is 0.0974 e. The van der Waals surface area contributed by atoms with Crippen LogP contribution in [0.3, 0.4) is 0 Å².